The van der Waals surface area contributed by atoms with Gasteiger partial charge in [0.2, 0.25) is 0 Å². The summed E-state index contributed by atoms with van der Waals surface area (Å²) in [6.45, 7) is 1.95. The molecule has 1 unspecified atom stereocenters. The van der Waals surface area contributed by atoms with Gasteiger partial charge in [0, 0.05) is 4.88 Å². The molecular weight excluding hydrogens is 209 g/mol. The van der Waals surface area contributed by atoms with Crippen molar-refractivity contribution in [1.29, 1.82) is 0 Å². The first kappa shape index (κ1) is 10.3. The Hall–Kier alpha value is -1.19. The second kappa shape index (κ2) is 4.13. The molecule has 1 nitrogen and oxygen atoms in total. The summed E-state index contributed by atoms with van der Waals surface area (Å²) in [6.07, 6.45) is 0. The van der Waals surface area contributed by atoms with Gasteiger partial charge in [-0.2, -0.15) is 0 Å². The molecule has 0 aliphatic carbocycles. The SMILES string of the molecule is Cc1ccc(F)cc1C(N)c1cccs1. The summed E-state index contributed by atoms with van der Waals surface area (Å²) in [5, 5.41) is 1.98. The van der Waals surface area contributed by atoms with Gasteiger partial charge in [0.1, 0.15) is 5.82 Å². The molecule has 78 valence electrons. The first-order chi connectivity index (χ1) is 7.18. The Morgan fingerprint density at radius 2 is 2.13 bits per heavy atom. The standard InChI is InChI=1S/C12H12FNS/c1-8-4-5-9(13)7-10(8)12(14)11-3-2-6-15-11/h2-7,12H,14H2,1H3. The van der Waals surface area contributed by atoms with Crippen molar-refractivity contribution in [1.82, 2.24) is 0 Å². The fraction of sp³-hybridized carbons (Fsp3) is 0.167. The van der Waals surface area contributed by atoms with Crippen LogP contribution < -0.4 is 5.73 Å². The van der Waals surface area contributed by atoms with Gasteiger partial charge in [-0.1, -0.05) is 12.1 Å². The minimum absolute atomic E-state index is 0.222. The number of hydrogen-bond donors (Lipinski definition) is 1. The summed E-state index contributed by atoms with van der Waals surface area (Å²) in [6, 6.07) is 8.44. The van der Waals surface area contributed by atoms with Crippen LogP contribution in [0.1, 0.15) is 22.0 Å². The Morgan fingerprint density at radius 3 is 2.80 bits per heavy atom. The molecule has 0 aliphatic rings. The summed E-state index contributed by atoms with van der Waals surface area (Å²) in [7, 11) is 0. The smallest absolute Gasteiger partial charge is 0.123 e. The van der Waals surface area contributed by atoms with Crippen molar-refractivity contribution in [2.75, 3.05) is 0 Å². The molecule has 0 amide bonds. The van der Waals surface area contributed by atoms with Crippen molar-refractivity contribution >= 4 is 11.3 Å². The Labute approximate surface area is 92.4 Å². The van der Waals surface area contributed by atoms with Crippen LogP contribution in [0.5, 0.6) is 0 Å². The molecule has 15 heavy (non-hydrogen) atoms. The highest BCUT2D eigenvalue weighted by atomic mass is 32.1. The van der Waals surface area contributed by atoms with Crippen LogP contribution in [0.2, 0.25) is 0 Å². The molecule has 0 radical (unpaired) electrons. The number of halogens is 1. The normalized spacial score (nSPS) is 12.7. The summed E-state index contributed by atoms with van der Waals surface area (Å²) in [5.41, 5.74) is 7.96. The van der Waals surface area contributed by atoms with Crippen molar-refractivity contribution in [3.8, 4) is 0 Å². The van der Waals surface area contributed by atoms with E-state index in [-0.39, 0.29) is 11.9 Å². The minimum Gasteiger partial charge on any atom is -0.320 e. The minimum atomic E-state index is -0.234. The van der Waals surface area contributed by atoms with Crippen LogP contribution >= 0.6 is 11.3 Å². The molecule has 1 aromatic carbocycles. The highest BCUT2D eigenvalue weighted by Gasteiger charge is 2.12. The zero-order valence-corrected chi connectivity index (χ0v) is 9.22. The van der Waals surface area contributed by atoms with Gasteiger partial charge in [-0.05, 0) is 41.6 Å². The number of benzene rings is 1. The lowest BCUT2D eigenvalue weighted by Gasteiger charge is -2.13. The Morgan fingerprint density at radius 1 is 1.33 bits per heavy atom. The van der Waals surface area contributed by atoms with Crippen molar-refractivity contribution < 1.29 is 4.39 Å². The molecule has 2 rings (SSSR count). The van der Waals surface area contributed by atoms with Gasteiger partial charge in [-0.15, -0.1) is 11.3 Å². The fourth-order valence-electron chi connectivity index (χ4n) is 1.57. The predicted molar refractivity (Wildman–Crippen MR) is 61.5 cm³/mol. The van der Waals surface area contributed by atoms with E-state index in [1.54, 1.807) is 17.4 Å². The molecule has 0 spiro atoms. The van der Waals surface area contributed by atoms with Crippen LogP contribution in [0.15, 0.2) is 35.7 Å². The Balaban J connectivity index is 2.41. The van der Waals surface area contributed by atoms with Gasteiger partial charge in [0.15, 0.2) is 0 Å². The van der Waals surface area contributed by atoms with Crippen LogP contribution in [0.25, 0.3) is 0 Å². The van der Waals surface area contributed by atoms with E-state index in [1.165, 1.54) is 12.1 Å². The van der Waals surface area contributed by atoms with Gasteiger partial charge in [-0.3, -0.25) is 0 Å². The third kappa shape index (κ3) is 2.08. The van der Waals surface area contributed by atoms with Gasteiger partial charge in [0.05, 0.1) is 6.04 Å². The van der Waals surface area contributed by atoms with E-state index in [0.29, 0.717) is 0 Å². The maximum absolute atomic E-state index is 13.1. The fourth-order valence-corrected chi connectivity index (χ4v) is 2.31. The second-order valence-corrected chi connectivity index (χ2v) is 4.47. The van der Waals surface area contributed by atoms with Crippen molar-refractivity contribution in [3.05, 3.63) is 57.5 Å². The van der Waals surface area contributed by atoms with Crippen LogP contribution in [-0.2, 0) is 0 Å². The Bertz CT molecular complexity index is 451. The van der Waals surface area contributed by atoms with Crippen LogP contribution in [-0.4, -0.2) is 0 Å². The lowest BCUT2D eigenvalue weighted by Crippen LogP contribution is -2.12. The zero-order valence-electron chi connectivity index (χ0n) is 8.41. The van der Waals surface area contributed by atoms with Gasteiger partial charge in [0.25, 0.3) is 0 Å². The Kier molecular flexibility index (Phi) is 2.84. The topological polar surface area (TPSA) is 26.0 Å². The highest BCUT2D eigenvalue weighted by molar-refractivity contribution is 7.10. The summed E-state index contributed by atoms with van der Waals surface area (Å²) in [4.78, 5) is 1.06. The van der Waals surface area contributed by atoms with Crippen LogP contribution in [0.4, 0.5) is 4.39 Å². The monoisotopic (exact) mass is 221 g/mol. The van der Waals surface area contributed by atoms with Gasteiger partial charge in [-0.25, -0.2) is 4.39 Å². The molecule has 0 bridgehead atoms. The van der Waals surface area contributed by atoms with Crippen LogP contribution in [0.3, 0.4) is 0 Å². The molecule has 2 N–H and O–H groups in total. The molecule has 0 aliphatic heterocycles. The maximum atomic E-state index is 13.1. The van der Waals surface area contributed by atoms with Crippen molar-refractivity contribution in [2.45, 2.75) is 13.0 Å². The van der Waals surface area contributed by atoms with Crippen molar-refractivity contribution in [2.24, 2.45) is 5.73 Å². The number of aryl methyl sites for hydroxylation is 1. The third-order valence-corrected chi connectivity index (χ3v) is 3.38. The van der Waals surface area contributed by atoms with Crippen molar-refractivity contribution in [3.63, 3.8) is 0 Å². The molecule has 1 atom stereocenters. The zero-order chi connectivity index (χ0) is 10.8. The number of thiophene rings is 1. The molecule has 0 saturated heterocycles. The molecule has 1 heterocycles. The molecule has 0 fully saturated rings. The number of hydrogen-bond acceptors (Lipinski definition) is 2. The number of rotatable bonds is 2. The molecule has 3 heteroatoms. The summed E-state index contributed by atoms with van der Waals surface area (Å²) >= 11 is 1.59. The predicted octanol–water partition coefficient (Wildman–Crippen LogP) is 3.24. The lowest BCUT2D eigenvalue weighted by molar-refractivity contribution is 0.623. The van der Waals surface area contributed by atoms with E-state index in [1.807, 2.05) is 24.4 Å². The third-order valence-electron chi connectivity index (χ3n) is 2.43. The van der Waals surface area contributed by atoms with E-state index < -0.39 is 0 Å². The maximum Gasteiger partial charge on any atom is 0.123 e. The van der Waals surface area contributed by atoms with Crippen LogP contribution in [0, 0.1) is 12.7 Å². The van der Waals surface area contributed by atoms with E-state index in [0.717, 1.165) is 16.0 Å². The summed E-state index contributed by atoms with van der Waals surface area (Å²) < 4.78 is 13.1. The molecule has 2 aromatic rings. The quantitative estimate of drug-likeness (QED) is 0.827. The first-order valence-electron chi connectivity index (χ1n) is 4.73. The first-order valence-corrected chi connectivity index (χ1v) is 5.61. The molecular formula is C12H12FNS. The van der Waals surface area contributed by atoms with Gasteiger partial charge < -0.3 is 5.73 Å². The van der Waals surface area contributed by atoms with E-state index >= 15 is 0 Å². The highest BCUT2D eigenvalue weighted by Crippen LogP contribution is 2.26. The molecule has 0 saturated carbocycles. The largest absolute Gasteiger partial charge is 0.320 e. The van der Waals surface area contributed by atoms with E-state index in [4.69, 9.17) is 5.73 Å². The molecule has 1 aromatic heterocycles. The second-order valence-electron chi connectivity index (χ2n) is 3.49. The van der Waals surface area contributed by atoms with Gasteiger partial charge >= 0.3 is 0 Å². The average Bonchev–Trinajstić information content (AvgIpc) is 2.74. The summed E-state index contributed by atoms with van der Waals surface area (Å²) in [5.74, 6) is -0.234. The lowest BCUT2D eigenvalue weighted by atomic mass is 10.0. The average molecular weight is 221 g/mol. The van der Waals surface area contributed by atoms with E-state index in [9.17, 15) is 4.39 Å². The van der Waals surface area contributed by atoms with E-state index in [2.05, 4.69) is 0 Å². The number of nitrogens with two attached hydrogens (primary N) is 1.